The lowest BCUT2D eigenvalue weighted by atomic mass is 9.96. The van der Waals surface area contributed by atoms with E-state index in [4.69, 9.17) is 5.26 Å². The number of aromatic nitrogens is 2. The normalized spacial score (nSPS) is 18.2. The summed E-state index contributed by atoms with van der Waals surface area (Å²) in [5.74, 6) is 0.365. The van der Waals surface area contributed by atoms with Gasteiger partial charge >= 0.3 is 6.18 Å². The zero-order chi connectivity index (χ0) is 26.8. The second-order valence-corrected chi connectivity index (χ2v) is 9.89. The number of carbonyl (C=O) groups is 1. The molecule has 37 heavy (non-hydrogen) atoms. The van der Waals surface area contributed by atoms with Crippen molar-refractivity contribution < 1.29 is 18.0 Å². The van der Waals surface area contributed by atoms with Crippen molar-refractivity contribution in [3.8, 4) is 6.07 Å². The summed E-state index contributed by atoms with van der Waals surface area (Å²) in [7, 11) is 4.09. The van der Waals surface area contributed by atoms with Crippen molar-refractivity contribution in [1.29, 1.82) is 5.26 Å². The molecule has 0 aromatic carbocycles. The number of rotatable bonds is 8. The Hall–Kier alpha value is -3.13. The number of amides is 1. The van der Waals surface area contributed by atoms with Gasteiger partial charge in [-0.1, -0.05) is 11.6 Å². The molecule has 8 nitrogen and oxygen atoms in total. The number of alkyl halides is 3. The first-order valence-corrected chi connectivity index (χ1v) is 12.8. The Morgan fingerprint density at radius 2 is 1.76 bits per heavy atom. The van der Waals surface area contributed by atoms with Crippen LogP contribution in [-0.4, -0.2) is 74.6 Å². The molecule has 2 saturated heterocycles. The van der Waals surface area contributed by atoms with Gasteiger partial charge in [-0.3, -0.25) is 4.79 Å². The van der Waals surface area contributed by atoms with E-state index >= 15 is 0 Å². The molecule has 1 aromatic rings. The van der Waals surface area contributed by atoms with Crippen LogP contribution >= 0.6 is 0 Å². The van der Waals surface area contributed by atoms with E-state index in [1.54, 1.807) is 6.07 Å². The molecule has 3 aliphatic rings. The van der Waals surface area contributed by atoms with Gasteiger partial charge in [0.15, 0.2) is 0 Å². The van der Waals surface area contributed by atoms with Crippen LogP contribution in [0.1, 0.15) is 44.3 Å². The standard InChI is InChI=1S/C16H24F3N5.C10H12N2O/c1-22(2)11-12-4-8-24(9-5-12)14-10-13(23-6-3-7-23)20-15(21-14)16(17,18)19;11-7-10-3-1-9(2-4-10)5-6-12-8-13/h10,12H,3-9,11H2,1-2H3;1,3,8H,2,4-6H2,(H,12,13). The molecular weight excluding hydrogens is 483 g/mol. The zero-order valence-corrected chi connectivity index (χ0v) is 21.6. The average molecular weight is 520 g/mol. The van der Waals surface area contributed by atoms with Crippen molar-refractivity contribution in [2.24, 2.45) is 5.92 Å². The molecule has 0 radical (unpaired) electrons. The largest absolute Gasteiger partial charge is 0.451 e. The number of hydrogen-bond acceptors (Lipinski definition) is 7. The van der Waals surface area contributed by atoms with E-state index in [1.807, 2.05) is 36.0 Å². The predicted molar refractivity (Wildman–Crippen MR) is 137 cm³/mol. The predicted octanol–water partition coefficient (Wildman–Crippen LogP) is 3.78. The van der Waals surface area contributed by atoms with E-state index in [1.165, 1.54) is 5.57 Å². The summed E-state index contributed by atoms with van der Waals surface area (Å²) >= 11 is 0. The van der Waals surface area contributed by atoms with E-state index in [0.29, 0.717) is 30.5 Å². The minimum Gasteiger partial charge on any atom is -0.358 e. The van der Waals surface area contributed by atoms with Crippen molar-refractivity contribution in [2.75, 3.05) is 63.2 Å². The number of piperidine rings is 1. The van der Waals surface area contributed by atoms with Gasteiger partial charge in [-0.15, -0.1) is 0 Å². The van der Waals surface area contributed by atoms with E-state index in [-0.39, 0.29) is 0 Å². The molecule has 0 bridgehead atoms. The summed E-state index contributed by atoms with van der Waals surface area (Å²) in [6.45, 7) is 4.71. The third kappa shape index (κ3) is 8.74. The van der Waals surface area contributed by atoms with Crippen LogP contribution in [0.4, 0.5) is 24.8 Å². The number of nitrogens with one attached hydrogen (secondary N) is 1. The molecule has 1 aliphatic carbocycles. The fourth-order valence-corrected chi connectivity index (χ4v) is 4.55. The Balaban J connectivity index is 0.000000248. The number of hydrogen-bond donors (Lipinski definition) is 1. The van der Waals surface area contributed by atoms with Crippen LogP contribution in [0.2, 0.25) is 0 Å². The third-order valence-corrected chi connectivity index (χ3v) is 6.75. The highest BCUT2D eigenvalue weighted by Crippen LogP contribution is 2.32. The van der Waals surface area contributed by atoms with Crippen LogP contribution < -0.4 is 15.1 Å². The molecule has 4 rings (SSSR count). The molecule has 0 atom stereocenters. The third-order valence-electron chi connectivity index (χ3n) is 6.75. The molecule has 2 aliphatic heterocycles. The maximum absolute atomic E-state index is 13.1. The molecule has 0 saturated carbocycles. The summed E-state index contributed by atoms with van der Waals surface area (Å²) in [5.41, 5.74) is 2.14. The van der Waals surface area contributed by atoms with Crippen LogP contribution in [0.3, 0.4) is 0 Å². The molecule has 11 heteroatoms. The van der Waals surface area contributed by atoms with E-state index in [2.05, 4.69) is 26.3 Å². The Bertz CT molecular complexity index is 1000. The monoisotopic (exact) mass is 519 g/mol. The second kappa shape index (κ2) is 13.4. The van der Waals surface area contributed by atoms with Crippen molar-refractivity contribution in [2.45, 2.75) is 44.7 Å². The van der Waals surface area contributed by atoms with Gasteiger partial charge in [-0.25, -0.2) is 9.97 Å². The molecule has 2 fully saturated rings. The van der Waals surface area contributed by atoms with Gasteiger partial charge in [0.05, 0.1) is 6.07 Å². The van der Waals surface area contributed by atoms with Crippen molar-refractivity contribution in [3.63, 3.8) is 0 Å². The highest BCUT2D eigenvalue weighted by Gasteiger charge is 2.37. The molecular formula is C26H36F3N7O. The summed E-state index contributed by atoms with van der Waals surface area (Å²) in [6, 6.07) is 3.85. The van der Waals surface area contributed by atoms with E-state index in [0.717, 1.165) is 76.8 Å². The highest BCUT2D eigenvalue weighted by molar-refractivity contribution is 5.52. The van der Waals surface area contributed by atoms with Crippen molar-refractivity contribution in [3.05, 3.63) is 35.2 Å². The SMILES string of the molecule is CN(C)CC1CCN(c2cc(N3CCC3)nc(C(F)(F)F)n2)CC1.N#CC1=CC=C(CCNC=O)CC1. The van der Waals surface area contributed by atoms with E-state index in [9.17, 15) is 18.0 Å². The molecule has 1 aromatic heterocycles. The summed E-state index contributed by atoms with van der Waals surface area (Å²) in [5, 5.41) is 11.2. The quantitative estimate of drug-likeness (QED) is 0.413. The van der Waals surface area contributed by atoms with Gasteiger partial charge in [-0.2, -0.15) is 18.4 Å². The van der Waals surface area contributed by atoms with Crippen LogP contribution in [0.5, 0.6) is 0 Å². The summed E-state index contributed by atoms with van der Waals surface area (Å²) in [6.07, 6.45) is 5.65. The fourth-order valence-electron chi connectivity index (χ4n) is 4.55. The minimum absolute atomic E-state index is 0.397. The summed E-state index contributed by atoms with van der Waals surface area (Å²) < 4.78 is 39.4. The smallest absolute Gasteiger partial charge is 0.358 e. The first-order valence-electron chi connectivity index (χ1n) is 12.8. The number of nitriles is 1. The second-order valence-electron chi connectivity index (χ2n) is 9.89. The topological polar surface area (TPSA) is 88.4 Å². The number of allylic oxidation sites excluding steroid dienone is 3. The molecule has 0 spiro atoms. The lowest BCUT2D eigenvalue weighted by Gasteiger charge is -2.36. The molecule has 202 valence electrons. The molecule has 3 heterocycles. The number of anilines is 2. The first-order chi connectivity index (χ1) is 17.7. The van der Waals surface area contributed by atoms with Gasteiger partial charge in [-0.05, 0) is 64.6 Å². The summed E-state index contributed by atoms with van der Waals surface area (Å²) in [4.78, 5) is 23.5. The van der Waals surface area contributed by atoms with E-state index < -0.39 is 12.0 Å². The van der Waals surface area contributed by atoms with Crippen molar-refractivity contribution >= 4 is 18.0 Å². The van der Waals surface area contributed by atoms with Crippen LogP contribution in [0, 0.1) is 17.2 Å². The first kappa shape index (κ1) is 28.4. The van der Waals surface area contributed by atoms with Crippen LogP contribution in [-0.2, 0) is 11.0 Å². The zero-order valence-electron chi connectivity index (χ0n) is 21.6. The van der Waals surface area contributed by atoms with Crippen molar-refractivity contribution in [1.82, 2.24) is 20.2 Å². The maximum Gasteiger partial charge on any atom is 0.451 e. The molecule has 1 amide bonds. The van der Waals surface area contributed by atoms with Gasteiger partial charge in [0.1, 0.15) is 11.6 Å². The average Bonchev–Trinajstić information content (AvgIpc) is 2.83. The van der Waals surface area contributed by atoms with Gasteiger partial charge in [0.2, 0.25) is 12.2 Å². The van der Waals surface area contributed by atoms with Gasteiger partial charge in [0.25, 0.3) is 0 Å². The fraction of sp³-hybridized carbons (Fsp3) is 0.615. The Morgan fingerprint density at radius 3 is 2.22 bits per heavy atom. The Labute approximate surface area is 216 Å². The lowest BCUT2D eigenvalue weighted by molar-refractivity contribution is -0.144. The number of halogens is 3. The minimum atomic E-state index is -4.52. The van der Waals surface area contributed by atoms with Gasteiger partial charge < -0.3 is 20.0 Å². The molecule has 1 N–H and O–H groups in total. The Kier molecular flexibility index (Phi) is 10.3. The van der Waals surface area contributed by atoms with Crippen LogP contribution in [0.25, 0.3) is 0 Å². The lowest BCUT2D eigenvalue weighted by Crippen LogP contribution is -2.40. The Morgan fingerprint density at radius 1 is 1.11 bits per heavy atom. The number of carbonyl (C=O) groups excluding carboxylic acids is 1. The highest BCUT2D eigenvalue weighted by atomic mass is 19.4. The molecule has 0 unspecified atom stereocenters. The van der Waals surface area contributed by atoms with Gasteiger partial charge in [0, 0.05) is 50.9 Å². The maximum atomic E-state index is 13.1. The van der Waals surface area contributed by atoms with Crippen LogP contribution in [0.15, 0.2) is 29.4 Å². The number of nitrogens with zero attached hydrogens (tertiary/aromatic N) is 6.